The first-order valence-corrected chi connectivity index (χ1v) is 37.3. The number of aromatic nitrogens is 10. The second kappa shape index (κ2) is 25.9. The summed E-state index contributed by atoms with van der Waals surface area (Å²) in [5, 5.41) is 9.56. The zero-order valence-electron chi connectivity index (χ0n) is 60.1. The Balaban J connectivity index is 0.000000135. The molecule has 0 bridgehead atoms. The van der Waals surface area contributed by atoms with E-state index in [0.29, 0.717) is 74.5 Å². The summed E-state index contributed by atoms with van der Waals surface area (Å²) in [5.74, 6) is 4.49. The number of rotatable bonds is 10. The van der Waals surface area contributed by atoms with Crippen LogP contribution < -0.4 is 0 Å². The molecular formula is C98H54N10O6. The number of furan rings is 6. The Labute approximate surface area is 645 Å². The Hall–Kier alpha value is -15.9. The Morgan fingerprint density at radius 2 is 0.456 bits per heavy atom. The van der Waals surface area contributed by atoms with E-state index in [4.69, 9.17) is 76.3 Å². The van der Waals surface area contributed by atoms with Gasteiger partial charge in [-0.2, -0.15) is 0 Å². The van der Waals surface area contributed by atoms with Crippen molar-refractivity contribution in [1.82, 2.24) is 49.8 Å². The molecule has 0 spiro atoms. The van der Waals surface area contributed by atoms with Crippen molar-refractivity contribution in [2.75, 3.05) is 0 Å². The summed E-state index contributed by atoms with van der Waals surface area (Å²) in [4.78, 5) is 50.9. The largest absolute Gasteiger partial charge is 0.456 e. The van der Waals surface area contributed by atoms with Crippen molar-refractivity contribution in [2.45, 2.75) is 0 Å². The van der Waals surface area contributed by atoms with Crippen molar-refractivity contribution in [2.24, 2.45) is 0 Å². The highest BCUT2D eigenvalue weighted by atomic mass is 16.3. The summed E-state index contributed by atoms with van der Waals surface area (Å²) in [6.07, 6.45) is 0. The molecule has 0 aliphatic rings. The monoisotopic (exact) mass is 1470 g/mol. The lowest BCUT2D eigenvalue weighted by Crippen LogP contribution is -2.00. The van der Waals surface area contributed by atoms with Gasteiger partial charge in [-0.3, -0.25) is 0 Å². The molecule has 10 aromatic heterocycles. The van der Waals surface area contributed by atoms with Crippen LogP contribution in [-0.2, 0) is 0 Å². The van der Waals surface area contributed by atoms with Crippen molar-refractivity contribution in [3.05, 3.63) is 328 Å². The van der Waals surface area contributed by atoms with Gasteiger partial charge in [0, 0.05) is 109 Å². The van der Waals surface area contributed by atoms with E-state index in [9.17, 15) is 0 Å². The third-order valence-corrected chi connectivity index (χ3v) is 21.1. The maximum atomic E-state index is 6.60. The molecule has 14 aromatic carbocycles. The first-order chi connectivity index (χ1) is 56.4. The molecule has 10 heterocycles. The third kappa shape index (κ3) is 10.7. The van der Waals surface area contributed by atoms with Gasteiger partial charge in [-0.15, -0.1) is 0 Å². The fourth-order valence-electron chi connectivity index (χ4n) is 15.8. The van der Waals surface area contributed by atoms with Gasteiger partial charge in [0.05, 0.1) is 0 Å². The molecule has 0 saturated carbocycles. The van der Waals surface area contributed by atoms with Gasteiger partial charge in [-0.05, 0) is 97.1 Å². The van der Waals surface area contributed by atoms with Gasteiger partial charge in [0.1, 0.15) is 78.3 Å². The van der Waals surface area contributed by atoms with Crippen molar-refractivity contribution < 1.29 is 26.5 Å². The first kappa shape index (κ1) is 64.1. The third-order valence-electron chi connectivity index (χ3n) is 21.1. The Morgan fingerprint density at radius 1 is 0.158 bits per heavy atom. The minimum absolute atomic E-state index is 0.536. The van der Waals surface area contributed by atoms with E-state index >= 15 is 0 Å². The van der Waals surface area contributed by atoms with E-state index in [2.05, 4.69) is 30.3 Å². The number of benzene rings is 14. The molecule has 0 saturated heterocycles. The maximum absolute atomic E-state index is 6.60. The lowest BCUT2D eigenvalue weighted by Gasteiger charge is -2.10. The summed E-state index contributed by atoms with van der Waals surface area (Å²) in [5.41, 5.74) is 20.6. The van der Waals surface area contributed by atoms with Crippen LogP contribution in [0.15, 0.2) is 354 Å². The lowest BCUT2D eigenvalue weighted by atomic mass is 10.0. The molecule has 0 aliphatic carbocycles. The van der Waals surface area contributed by atoms with Crippen LogP contribution in [0.25, 0.3) is 246 Å². The molecule has 16 nitrogen and oxygen atoms in total. The summed E-state index contributed by atoms with van der Waals surface area (Å²) in [7, 11) is 0. The lowest BCUT2D eigenvalue weighted by molar-refractivity contribution is 0.666. The second-order valence-electron chi connectivity index (χ2n) is 28.0. The smallest absolute Gasteiger partial charge is 0.180 e. The average Bonchev–Trinajstić information content (AvgIpc) is 1.58. The molecule has 0 N–H and O–H groups in total. The van der Waals surface area contributed by atoms with E-state index < -0.39 is 0 Å². The van der Waals surface area contributed by atoms with E-state index in [1.54, 1.807) is 0 Å². The highest BCUT2D eigenvalue weighted by Crippen LogP contribution is 2.45. The minimum Gasteiger partial charge on any atom is -0.456 e. The number of hydrogen-bond donors (Lipinski definition) is 0. The van der Waals surface area contributed by atoms with Crippen LogP contribution in [0.1, 0.15) is 0 Å². The van der Waals surface area contributed by atoms with Gasteiger partial charge >= 0.3 is 0 Å². The normalized spacial score (nSPS) is 11.9. The number of hydrogen-bond acceptors (Lipinski definition) is 16. The van der Waals surface area contributed by atoms with E-state index in [1.165, 1.54) is 0 Å². The minimum atomic E-state index is 0.536. The van der Waals surface area contributed by atoms with Crippen LogP contribution in [0, 0.1) is 0 Å². The van der Waals surface area contributed by atoms with E-state index in [-0.39, 0.29) is 0 Å². The van der Waals surface area contributed by atoms with Gasteiger partial charge < -0.3 is 26.5 Å². The molecule has 0 unspecified atom stereocenters. The summed E-state index contributed by atoms with van der Waals surface area (Å²) >= 11 is 0. The molecular weight excluding hydrogens is 1410 g/mol. The molecule has 0 aliphatic heterocycles. The van der Waals surface area contributed by atoms with Crippen molar-refractivity contribution >= 4 is 132 Å². The van der Waals surface area contributed by atoms with Gasteiger partial charge in [0.25, 0.3) is 0 Å². The van der Waals surface area contributed by atoms with Crippen LogP contribution in [0.2, 0.25) is 0 Å². The molecule has 16 heteroatoms. The number of nitrogens with zero attached hydrogens (tertiary/aromatic N) is 10. The Kier molecular flexibility index (Phi) is 14.5. The van der Waals surface area contributed by atoms with Crippen LogP contribution in [0.3, 0.4) is 0 Å². The highest BCUT2D eigenvalue weighted by Gasteiger charge is 2.26. The summed E-state index contributed by atoms with van der Waals surface area (Å²) < 4.78 is 38.2. The molecule has 24 aromatic rings. The second-order valence-corrected chi connectivity index (χ2v) is 28.0. The van der Waals surface area contributed by atoms with Gasteiger partial charge in [-0.1, -0.05) is 231 Å². The van der Waals surface area contributed by atoms with E-state index in [0.717, 1.165) is 171 Å². The molecule has 0 radical (unpaired) electrons. The fraction of sp³-hybridized carbons (Fsp3) is 0. The van der Waals surface area contributed by atoms with Crippen molar-refractivity contribution in [3.8, 4) is 114 Å². The highest BCUT2D eigenvalue weighted by molar-refractivity contribution is 6.16. The topological polar surface area (TPSA) is 208 Å². The van der Waals surface area contributed by atoms with Crippen LogP contribution in [-0.4, -0.2) is 49.8 Å². The molecule has 114 heavy (non-hydrogen) atoms. The van der Waals surface area contributed by atoms with Gasteiger partial charge in [0.15, 0.2) is 57.8 Å². The average molecular weight is 1470 g/mol. The molecule has 532 valence electrons. The number of fused-ring (bicyclic) bond motifs is 18. The van der Waals surface area contributed by atoms with Crippen molar-refractivity contribution in [3.63, 3.8) is 0 Å². The molecule has 0 fully saturated rings. The van der Waals surface area contributed by atoms with Gasteiger partial charge in [-0.25, -0.2) is 49.8 Å². The van der Waals surface area contributed by atoms with Crippen LogP contribution in [0.4, 0.5) is 0 Å². The van der Waals surface area contributed by atoms with Gasteiger partial charge in [0.2, 0.25) is 0 Å². The Morgan fingerprint density at radius 3 is 0.912 bits per heavy atom. The van der Waals surface area contributed by atoms with Crippen LogP contribution in [0.5, 0.6) is 0 Å². The predicted octanol–water partition coefficient (Wildman–Crippen LogP) is 25.4. The molecule has 0 amide bonds. The summed E-state index contributed by atoms with van der Waals surface area (Å²) in [6, 6.07) is 108. The predicted molar refractivity (Wildman–Crippen MR) is 449 cm³/mol. The zero-order valence-corrected chi connectivity index (χ0v) is 60.1. The molecule has 0 atom stereocenters. The zero-order chi connectivity index (χ0) is 74.9. The number of para-hydroxylation sites is 4. The SMILES string of the molecule is c1ccc(-c2nc(-c3ccc4oc5ccccc5c4c3)nc(-c3cccc4oc5cc(-c6nc(-c7ccccc7)c7oc8ccccc8c7n6)ccc5c34)n2)cc1.c1ccc(-c2nc(-c3cccc4oc5ccccc5c34)nc(-c3cccc4oc5cc(-c6nc(-c7ccccc7)c7oc8ccccc8c7n6)ccc5c34)n2)cc1. The maximum Gasteiger partial charge on any atom is 0.180 e. The standard InChI is InChI=1S/2C49H27N5O3/c1-3-13-28(14-4-1)43-45-44(33-18-8-10-22-37(33)57-45)51-47(50-43)30-25-26-32-40(27-30)56-39-24-12-20-35(42(32)39)49-53-46(29-15-5-2-6-16-29)52-48(54-49)34-19-11-23-38-41(34)31-17-7-9-21-36(31)55-38;1-3-12-28(13-4-1)43-45-44(34-17-8-10-20-38(34)57-45)51-47(50-43)31-22-24-33-41(27-31)56-40-21-11-18-35(42(33)40)49-53-46(29-14-5-2-6-15-29)52-48(54-49)30-23-25-39-36(26-30)32-16-7-9-19-37(32)55-39/h2*1-27H. The van der Waals surface area contributed by atoms with Crippen LogP contribution >= 0.6 is 0 Å². The van der Waals surface area contributed by atoms with Crippen molar-refractivity contribution in [1.29, 1.82) is 0 Å². The first-order valence-electron chi connectivity index (χ1n) is 37.3. The quantitative estimate of drug-likeness (QED) is 0.125. The molecule has 24 rings (SSSR count). The fourth-order valence-corrected chi connectivity index (χ4v) is 15.8. The summed E-state index contributed by atoms with van der Waals surface area (Å²) in [6.45, 7) is 0. The van der Waals surface area contributed by atoms with E-state index in [1.807, 2.05) is 297 Å². The Bertz CT molecular complexity index is 8010.